The molecular weight excluding hydrogens is 534 g/mol. The summed E-state index contributed by atoms with van der Waals surface area (Å²) in [5.74, 6) is 1.57. The van der Waals surface area contributed by atoms with Crippen molar-refractivity contribution in [2.24, 2.45) is 4.99 Å². The molecule has 180 valence electrons. The predicted octanol–water partition coefficient (Wildman–Crippen LogP) is 3.18. The molecule has 1 aromatic carbocycles. The number of nitrogens with zero attached hydrogens (tertiary/aromatic N) is 4. The van der Waals surface area contributed by atoms with Gasteiger partial charge in [-0.15, -0.1) is 24.0 Å². The number of benzene rings is 1. The van der Waals surface area contributed by atoms with E-state index < -0.39 is 0 Å². The van der Waals surface area contributed by atoms with Crippen molar-refractivity contribution in [3.8, 4) is 0 Å². The number of anilines is 1. The Morgan fingerprint density at radius 1 is 1.09 bits per heavy atom. The molecule has 1 unspecified atom stereocenters. The van der Waals surface area contributed by atoms with E-state index in [4.69, 9.17) is 4.74 Å². The molecule has 1 aromatic heterocycles. The number of halogens is 2. The van der Waals surface area contributed by atoms with E-state index >= 15 is 0 Å². The number of aliphatic imine (C=N–C) groups is 1. The minimum absolute atomic E-state index is 0. The van der Waals surface area contributed by atoms with Crippen LogP contribution in [-0.4, -0.2) is 68.8 Å². The molecule has 4 rings (SSSR count). The van der Waals surface area contributed by atoms with Crippen molar-refractivity contribution >= 4 is 35.8 Å². The molecule has 0 radical (unpaired) electrons. The summed E-state index contributed by atoms with van der Waals surface area (Å²) in [6, 6.07) is 11.1. The van der Waals surface area contributed by atoms with Crippen LogP contribution >= 0.6 is 24.0 Å². The Hall–Kier alpha value is -1.98. The van der Waals surface area contributed by atoms with Crippen molar-refractivity contribution < 1.29 is 9.13 Å². The average molecular weight is 568 g/mol. The standard InChI is InChI=1S/C24H33FN6O.HI/c1-26-24(28-17-19-8-9-27-23(16-19)31-10-2-3-11-31)29-18-22(30-12-14-32-15-13-30)20-4-6-21(25)7-5-20;/h4-9,16,22H,2-3,10-15,17-18H2,1H3,(H2,26,28,29);1H. The molecule has 2 fully saturated rings. The highest BCUT2D eigenvalue weighted by atomic mass is 127. The zero-order valence-electron chi connectivity index (χ0n) is 19.2. The summed E-state index contributed by atoms with van der Waals surface area (Å²) in [7, 11) is 1.78. The number of morpholine rings is 1. The lowest BCUT2D eigenvalue weighted by atomic mass is 10.0. The van der Waals surface area contributed by atoms with E-state index in [2.05, 4.69) is 36.5 Å². The molecule has 7 nitrogen and oxygen atoms in total. The lowest BCUT2D eigenvalue weighted by molar-refractivity contribution is 0.0170. The molecule has 33 heavy (non-hydrogen) atoms. The van der Waals surface area contributed by atoms with Gasteiger partial charge in [0.05, 0.1) is 19.3 Å². The van der Waals surface area contributed by atoms with Gasteiger partial charge in [0.1, 0.15) is 11.6 Å². The molecule has 0 spiro atoms. The number of pyridine rings is 1. The van der Waals surface area contributed by atoms with E-state index in [9.17, 15) is 4.39 Å². The zero-order valence-corrected chi connectivity index (χ0v) is 21.5. The molecule has 0 aliphatic carbocycles. The van der Waals surface area contributed by atoms with Crippen LogP contribution in [0, 0.1) is 5.82 Å². The van der Waals surface area contributed by atoms with Gasteiger partial charge in [0, 0.05) is 52.5 Å². The molecule has 2 saturated heterocycles. The first-order valence-electron chi connectivity index (χ1n) is 11.4. The van der Waals surface area contributed by atoms with E-state index in [1.54, 1.807) is 7.05 Å². The highest BCUT2D eigenvalue weighted by Gasteiger charge is 2.23. The molecule has 2 N–H and O–H groups in total. The summed E-state index contributed by atoms with van der Waals surface area (Å²) >= 11 is 0. The molecule has 0 bridgehead atoms. The van der Waals surface area contributed by atoms with E-state index in [-0.39, 0.29) is 35.8 Å². The summed E-state index contributed by atoms with van der Waals surface area (Å²) in [4.78, 5) is 13.6. The minimum Gasteiger partial charge on any atom is -0.379 e. The van der Waals surface area contributed by atoms with Gasteiger partial charge >= 0.3 is 0 Å². The maximum absolute atomic E-state index is 13.5. The van der Waals surface area contributed by atoms with Gasteiger partial charge in [-0.2, -0.15) is 0 Å². The second kappa shape index (κ2) is 13.0. The van der Waals surface area contributed by atoms with Crippen LogP contribution in [0.5, 0.6) is 0 Å². The van der Waals surface area contributed by atoms with Crippen LogP contribution < -0.4 is 15.5 Å². The second-order valence-corrected chi connectivity index (χ2v) is 8.24. The molecular formula is C24H34FIN6O. The molecule has 2 aliphatic rings. The lowest BCUT2D eigenvalue weighted by Gasteiger charge is -2.35. The maximum Gasteiger partial charge on any atom is 0.191 e. The Labute approximate surface area is 212 Å². The van der Waals surface area contributed by atoms with Crippen molar-refractivity contribution in [1.29, 1.82) is 0 Å². The minimum atomic E-state index is -0.217. The summed E-state index contributed by atoms with van der Waals surface area (Å²) in [5.41, 5.74) is 2.26. The molecule has 2 aliphatic heterocycles. The highest BCUT2D eigenvalue weighted by molar-refractivity contribution is 14.0. The largest absolute Gasteiger partial charge is 0.379 e. The molecule has 2 aromatic rings. The summed E-state index contributed by atoms with van der Waals surface area (Å²) < 4.78 is 19.0. The van der Waals surface area contributed by atoms with Crippen LogP contribution in [0.4, 0.5) is 10.2 Å². The molecule has 1 atom stereocenters. The summed E-state index contributed by atoms with van der Waals surface area (Å²) in [6.07, 6.45) is 4.35. The number of ether oxygens (including phenoxy) is 1. The van der Waals surface area contributed by atoms with E-state index in [0.717, 1.165) is 43.5 Å². The molecule has 3 heterocycles. The van der Waals surface area contributed by atoms with Gasteiger partial charge in [-0.05, 0) is 48.2 Å². The van der Waals surface area contributed by atoms with Crippen molar-refractivity contribution in [1.82, 2.24) is 20.5 Å². The van der Waals surface area contributed by atoms with Crippen LogP contribution in [0.15, 0.2) is 47.6 Å². The summed E-state index contributed by atoms with van der Waals surface area (Å²) in [6.45, 7) is 6.64. The maximum atomic E-state index is 13.5. The fraction of sp³-hybridized carbons (Fsp3) is 0.500. The monoisotopic (exact) mass is 568 g/mol. The molecule has 9 heteroatoms. The third kappa shape index (κ3) is 7.25. The zero-order chi connectivity index (χ0) is 22.2. The number of nitrogens with one attached hydrogen (secondary N) is 2. The van der Waals surface area contributed by atoms with Crippen LogP contribution in [0.2, 0.25) is 0 Å². The average Bonchev–Trinajstić information content (AvgIpc) is 3.38. The first kappa shape index (κ1) is 25.6. The Balaban J connectivity index is 0.00000306. The number of hydrogen-bond acceptors (Lipinski definition) is 5. The van der Waals surface area contributed by atoms with Crippen molar-refractivity contribution in [2.45, 2.75) is 25.4 Å². The van der Waals surface area contributed by atoms with Crippen LogP contribution in [0.3, 0.4) is 0 Å². The van der Waals surface area contributed by atoms with Gasteiger partial charge < -0.3 is 20.3 Å². The number of hydrogen-bond donors (Lipinski definition) is 2. The number of aromatic nitrogens is 1. The lowest BCUT2D eigenvalue weighted by Crippen LogP contribution is -2.46. The number of rotatable bonds is 7. The van der Waals surface area contributed by atoms with Crippen molar-refractivity contribution in [3.05, 3.63) is 59.5 Å². The first-order chi connectivity index (χ1) is 15.7. The third-order valence-corrected chi connectivity index (χ3v) is 6.13. The fourth-order valence-electron chi connectivity index (χ4n) is 4.32. The quantitative estimate of drug-likeness (QED) is 0.304. The predicted molar refractivity (Wildman–Crippen MR) is 141 cm³/mol. The van der Waals surface area contributed by atoms with Gasteiger partial charge in [0.25, 0.3) is 0 Å². The van der Waals surface area contributed by atoms with Crippen molar-refractivity contribution in [2.75, 3.05) is 57.9 Å². The smallest absolute Gasteiger partial charge is 0.191 e. The van der Waals surface area contributed by atoms with Gasteiger partial charge in [-0.3, -0.25) is 9.89 Å². The SMILES string of the molecule is CN=C(NCc1ccnc(N2CCCC2)c1)NCC(c1ccc(F)cc1)N1CCOCC1.I. The Kier molecular flexibility index (Phi) is 10.1. The Morgan fingerprint density at radius 3 is 2.52 bits per heavy atom. The van der Waals surface area contributed by atoms with Crippen LogP contribution in [-0.2, 0) is 11.3 Å². The Bertz CT molecular complexity index is 885. The van der Waals surface area contributed by atoms with Crippen molar-refractivity contribution in [3.63, 3.8) is 0 Å². The molecule has 0 saturated carbocycles. The van der Waals surface area contributed by atoms with Crippen LogP contribution in [0.25, 0.3) is 0 Å². The van der Waals surface area contributed by atoms with Gasteiger partial charge in [-0.25, -0.2) is 9.37 Å². The third-order valence-electron chi connectivity index (χ3n) is 6.13. The van der Waals surface area contributed by atoms with E-state index in [1.165, 1.54) is 30.5 Å². The summed E-state index contributed by atoms with van der Waals surface area (Å²) in [5, 5.41) is 6.87. The first-order valence-corrected chi connectivity index (χ1v) is 11.4. The number of guanidine groups is 1. The van der Waals surface area contributed by atoms with Gasteiger partial charge in [0.2, 0.25) is 0 Å². The Morgan fingerprint density at radius 2 is 1.82 bits per heavy atom. The van der Waals surface area contributed by atoms with Gasteiger partial charge in [-0.1, -0.05) is 12.1 Å². The van der Waals surface area contributed by atoms with Crippen LogP contribution in [0.1, 0.15) is 30.0 Å². The molecule has 0 amide bonds. The highest BCUT2D eigenvalue weighted by Crippen LogP contribution is 2.22. The van der Waals surface area contributed by atoms with E-state index in [1.807, 2.05) is 24.4 Å². The fourth-order valence-corrected chi connectivity index (χ4v) is 4.32. The normalized spacial score (nSPS) is 18.0. The second-order valence-electron chi connectivity index (χ2n) is 8.24. The van der Waals surface area contributed by atoms with Gasteiger partial charge in [0.15, 0.2) is 5.96 Å². The van der Waals surface area contributed by atoms with E-state index in [0.29, 0.717) is 26.3 Å². The topological polar surface area (TPSA) is 65.0 Å².